The number of amides is 2. The molecular formula is C21H18FN3O5S. The highest BCUT2D eigenvalue weighted by Gasteiger charge is 2.15. The topological polar surface area (TPSA) is 114 Å². The summed E-state index contributed by atoms with van der Waals surface area (Å²) in [6.45, 7) is -0.516. The van der Waals surface area contributed by atoms with Gasteiger partial charge in [0.1, 0.15) is 0 Å². The Balaban J connectivity index is 1.56. The molecule has 3 aromatic carbocycles. The number of ether oxygens (including phenoxy) is 1. The minimum absolute atomic E-state index is 0.0759. The summed E-state index contributed by atoms with van der Waals surface area (Å²) in [7, 11) is -3.82. The average molecular weight is 443 g/mol. The molecule has 0 spiro atoms. The molecule has 0 unspecified atom stereocenters. The van der Waals surface area contributed by atoms with Crippen molar-refractivity contribution < 1.29 is 27.1 Å². The molecule has 10 heteroatoms. The van der Waals surface area contributed by atoms with E-state index in [4.69, 9.17) is 4.74 Å². The lowest BCUT2D eigenvalue weighted by Gasteiger charge is -2.11. The first-order valence-corrected chi connectivity index (χ1v) is 10.5. The van der Waals surface area contributed by atoms with Crippen LogP contribution in [0.3, 0.4) is 0 Å². The fourth-order valence-electron chi connectivity index (χ4n) is 2.48. The Labute approximate surface area is 178 Å². The van der Waals surface area contributed by atoms with Gasteiger partial charge >= 0.3 is 0 Å². The molecule has 0 bridgehead atoms. The number of hydrogen-bond acceptors (Lipinski definition) is 5. The van der Waals surface area contributed by atoms with Crippen molar-refractivity contribution in [2.24, 2.45) is 0 Å². The smallest absolute Gasteiger partial charge is 0.276 e. The lowest BCUT2D eigenvalue weighted by atomic mass is 10.2. The maximum Gasteiger partial charge on any atom is 0.276 e. The molecule has 0 fully saturated rings. The highest BCUT2D eigenvalue weighted by molar-refractivity contribution is 7.92. The van der Waals surface area contributed by atoms with Gasteiger partial charge in [0.25, 0.3) is 21.8 Å². The quantitative estimate of drug-likeness (QED) is 0.486. The van der Waals surface area contributed by atoms with Gasteiger partial charge in [-0.3, -0.25) is 25.2 Å². The number of carbonyl (C=O) groups excluding carboxylic acids is 2. The Morgan fingerprint density at radius 3 is 2.32 bits per heavy atom. The maximum absolute atomic E-state index is 13.5. The van der Waals surface area contributed by atoms with Crippen LogP contribution in [0.25, 0.3) is 0 Å². The van der Waals surface area contributed by atoms with E-state index in [0.29, 0.717) is 0 Å². The third-order valence-electron chi connectivity index (χ3n) is 3.94. The average Bonchev–Trinajstić information content (AvgIpc) is 2.77. The first-order chi connectivity index (χ1) is 14.8. The molecule has 2 amide bonds. The van der Waals surface area contributed by atoms with Crippen molar-refractivity contribution >= 4 is 27.5 Å². The summed E-state index contributed by atoms with van der Waals surface area (Å²) in [6, 6.07) is 19.1. The monoisotopic (exact) mass is 443 g/mol. The van der Waals surface area contributed by atoms with E-state index in [-0.39, 0.29) is 21.9 Å². The van der Waals surface area contributed by atoms with Crippen LogP contribution < -0.4 is 20.3 Å². The summed E-state index contributed by atoms with van der Waals surface area (Å²) in [4.78, 5) is 24.1. The Bertz CT molecular complexity index is 1190. The zero-order valence-corrected chi connectivity index (χ0v) is 16.9. The third kappa shape index (κ3) is 6.03. The number of sulfonamides is 1. The highest BCUT2D eigenvalue weighted by Crippen LogP contribution is 2.17. The van der Waals surface area contributed by atoms with Gasteiger partial charge in [0.15, 0.2) is 18.2 Å². The Morgan fingerprint density at radius 2 is 1.58 bits per heavy atom. The molecule has 160 valence electrons. The largest absolute Gasteiger partial charge is 0.481 e. The fraction of sp³-hybridized carbons (Fsp3) is 0.0476. The molecule has 0 saturated heterocycles. The first-order valence-electron chi connectivity index (χ1n) is 8.99. The molecule has 0 atom stereocenters. The number of nitrogens with one attached hydrogen (secondary N) is 3. The molecule has 0 aromatic heterocycles. The summed E-state index contributed by atoms with van der Waals surface area (Å²) in [6.07, 6.45) is 0. The van der Waals surface area contributed by atoms with Crippen molar-refractivity contribution in [3.63, 3.8) is 0 Å². The van der Waals surface area contributed by atoms with Crippen LogP contribution >= 0.6 is 0 Å². The summed E-state index contributed by atoms with van der Waals surface area (Å²) >= 11 is 0. The lowest BCUT2D eigenvalue weighted by molar-refractivity contribution is -0.123. The molecule has 3 N–H and O–H groups in total. The van der Waals surface area contributed by atoms with Gasteiger partial charge in [-0.15, -0.1) is 0 Å². The molecule has 0 heterocycles. The van der Waals surface area contributed by atoms with Crippen molar-refractivity contribution in [3.05, 3.63) is 90.2 Å². The minimum Gasteiger partial charge on any atom is -0.481 e. The van der Waals surface area contributed by atoms with Crippen LogP contribution in [0, 0.1) is 5.82 Å². The van der Waals surface area contributed by atoms with E-state index in [1.807, 2.05) is 0 Å². The predicted octanol–water partition coefficient (Wildman–Crippen LogP) is 2.47. The Hall–Kier alpha value is -3.92. The maximum atomic E-state index is 13.5. The number of rotatable bonds is 7. The van der Waals surface area contributed by atoms with Crippen molar-refractivity contribution in [1.29, 1.82) is 0 Å². The molecule has 0 aliphatic heterocycles. The van der Waals surface area contributed by atoms with Crippen LogP contribution in [0.4, 0.5) is 10.1 Å². The number of halogens is 1. The molecule has 31 heavy (non-hydrogen) atoms. The Morgan fingerprint density at radius 1 is 0.871 bits per heavy atom. The van der Waals surface area contributed by atoms with Gasteiger partial charge < -0.3 is 4.74 Å². The fourth-order valence-corrected chi connectivity index (χ4v) is 3.55. The molecule has 0 aliphatic carbocycles. The van der Waals surface area contributed by atoms with Crippen LogP contribution in [-0.2, 0) is 14.8 Å². The molecule has 8 nitrogen and oxygen atoms in total. The van der Waals surface area contributed by atoms with E-state index in [2.05, 4.69) is 15.6 Å². The molecule has 0 saturated carbocycles. The second-order valence-electron chi connectivity index (χ2n) is 6.22. The van der Waals surface area contributed by atoms with Crippen LogP contribution in [0.15, 0.2) is 83.8 Å². The van der Waals surface area contributed by atoms with E-state index in [9.17, 15) is 22.4 Å². The summed E-state index contributed by atoms with van der Waals surface area (Å²) in [5.41, 5.74) is 4.59. The van der Waals surface area contributed by atoms with E-state index >= 15 is 0 Å². The van der Waals surface area contributed by atoms with E-state index in [0.717, 1.165) is 0 Å². The van der Waals surface area contributed by atoms with Crippen molar-refractivity contribution in [3.8, 4) is 5.75 Å². The first kappa shape index (κ1) is 21.8. The summed E-state index contributed by atoms with van der Waals surface area (Å²) in [5.74, 6) is -2.10. The van der Waals surface area contributed by atoms with Crippen LogP contribution in [-0.4, -0.2) is 26.8 Å². The molecule has 3 rings (SSSR count). The van der Waals surface area contributed by atoms with Crippen molar-refractivity contribution in [2.45, 2.75) is 4.90 Å². The van der Waals surface area contributed by atoms with Gasteiger partial charge in [0, 0.05) is 11.3 Å². The van der Waals surface area contributed by atoms with Crippen LogP contribution in [0.2, 0.25) is 0 Å². The normalized spacial score (nSPS) is 10.7. The van der Waals surface area contributed by atoms with E-state index in [1.54, 1.807) is 24.3 Å². The highest BCUT2D eigenvalue weighted by atomic mass is 32.2. The standard InChI is InChI=1S/C21H18FN3O5S/c22-18-11-4-5-12-19(18)30-14-20(26)23-24-21(27)15-7-6-8-16(13-15)25-31(28,29)17-9-2-1-3-10-17/h1-13,25H,14H2,(H,23,26)(H,24,27). The number of carbonyl (C=O) groups is 2. The lowest BCUT2D eigenvalue weighted by Crippen LogP contribution is -2.43. The second-order valence-corrected chi connectivity index (χ2v) is 7.90. The van der Waals surface area contributed by atoms with Gasteiger partial charge in [-0.1, -0.05) is 36.4 Å². The van der Waals surface area contributed by atoms with Crippen molar-refractivity contribution in [2.75, 3.05) is 11.3 Å². The number of para-hydroxylation sites is 1. The SMILES string of the molecule is O=C(COc1ccccc1F)NNC(=O)c1cccc(NS(=O)(=O)c2ccccc2)c1. The van der Waals surface area contributed by atoms with E-state index in [1.165, 1.54) is 54.6 Å². The van der Waals surface area contributed by atoms with Gasteiger partial charge in [-0.05, 0) is 42.5 Å². The van der Waals surface area contributed by atoms with Gasteiger partial charge in [-0.2, -0.15) is 0 Å². The van der Waals surface area contributed by atoms with Gasteiger partial charge in [0.2, 0.25) is 0 Å². The molecule has 0 radical (unpaired) electrons. The second kappa shape index (κ2) is 9.72. The number of hydrazine groups is 1. The predicted molar refractivity (Wildman–Crippen MR) is 111 cm³/mol. The Kier molecular flexibility index (Phi) is 6.83. The zero-order chi connectivity index (χ0) is 22.3. The third-order valence-corrected chi connectivity index (χ3v) is 5.34. The zero-order valence-electron chi connectivity index (χ0n) is 16.0. The number of benzene rings is 3. The molecular weight excluding hydrogens is 425 g/mol. The van der Waals surface area contributed by atoms with Crippen LogP contribution in [0.5, 0.6) is 5.75 Å². The van der Waals surface area contributed by atoms with E-state index < -0.39 is 34.3 Å². The number of hydrogen-bond donors (Lipinski definition) is 3. The minimum atomic E-state index is -3.82. The summed E-state index contributed by atoms with van der Waals surface area (Å²) < 4.78 is 45.7. The van der Waals surface area contributed by atoms with Crippen LogP contribution in [0.1, 0.15) is 10.4 Å². The summed E-state index contributed by atoms with van der Waals surface area (Å²) in [5, 5.41) is 0. The number of anilines is 1. The molecule has 0 aliphatic rings. The van der Waals surface area contributed by atoms with Gasteiger partial charge in [-0.25, -0.2) is 12.8 Å². The van der Waals surface area contributed by atoms with Gasteiger partial charge in [0.05, 0.1) is 4.90 Å². The molecule has 3 aromatic rings. The van der Waals surface area contributed by atoms with Crippen molar-refractivity contribution in [1.82, 2.24) is 10.9 Å².